The van der Waals surface area contributed by atoms with E-state index in [1.807, 2.05) is 4.90 Å². The van der Waals surface area contributed by atoms with Crippen molar-refractivity contribution >= 4 is 17.9 Å². The van der Waals surface area contributed by atoms with Crippen molar-refractivity contribution in [3.63, 3.8) is 0 Å². The Hall–Kier alpha value is -2.38. The molecular weight excluding hydrogens is 300 g/mol. The van der Waals surface area contributed by atoms with E-state index in [0.717, 1.165) is 0 Å². The molecular formula is C15H22N4O4. The Balaban J connectivity index is 1.93. The van der Waals surface area contributed by atoms with Crippen LogP contribution in [0, 0.1) is 5.92 Å². The lowest BCUT2D eigenvalue weighted by Gasteiger charge is -2.20. The van der Waals surface area contributed by atoms with Gasteiger partial charge in [0.15, 0.2) is 0 Å². The predicted molar refractivity (Wildman–Crippen MR) is 83.1 cm³/mol. The summed E-state index contributed by atoms with van der Waals surface area (Å²) in [6, 6.07) is 1.75. The van der Waals surface area contributed by atoms with Gasteiger partial charge < -0.3 is 20.1 Å². The summed E-state index contributed by atoms with van der Waals surface area (Å²) in [5.41, 5.74) is 0.0853. The quantitative estimate of drug-likeness (QED) is 0.863. The van der Waals surface area contributed by atoms with Crippen LogP contribution in [0.25, 0.3) is 0 Å². The van der Waals surface area contributed by atoms with Gasteiger partial charge in [0.1, 0.15) is 17.7 Å². The van der Waals surface area contributed by atoms with E-state index >= 15 is 0 Å². The fourth-order valence-electron chi connectivity index (χ4n) is 2.30. The molecule has 126 valence electrons. The summed E-state index contributed by atoms with van der Waals surface area (Å²) in [5.74, 6) is -0.480. The number of hydrogen-bond acceptors (Lipinski definition) is 6. The van der Waals surface area contributed by atoms with Crippen LogP contribution in [0.1, 0.15) is 32.9 Å². The number of alkyl carbamates (subject to hydrolysis) is 1. The molecule has 2 N–H and O–H groups in total. The number of aliphatic carboxylic acids is 1. The lowest BCUT2D eigenvalue weighted by atomic mass is 10.1. The van der Waals surface area contributed by atoms with Gasteiger partial charge in [-0.2, -0.15) is 0 Å². The van der Waals surface area contributed by atoms with E-state index in [-0.39, 0.29) is 12.5 Å². The molecule has 0 spiro atoms. The van der Waals surface area contributed by atoms with E-state index in [1.165, 1.54) is 6.33 Å². The maximum atomic E-state index is 11.6. The molecule has 1 aliphatic rings. The Morgan fingerprint density at radius 1 is 1.43 bits per heavy atom. The second-order valence-corrected chi connectivity index (χ2v) is 6.49. The average molecular weight is 322 g/mol. The number of amides is 1. The highest BCUT2D eigenvalue weighted by molar-refractivity contribution is 5.72. The first-order valence-electron chi connectivity index (χ1n) is 7.50. The third-order valence-electron chi connectivity index (χ3n) is 3.38. The van der Waals surface area contributed by atoms with Crippen molar-refractivity contribution in [2.24, 2.45) is 5.92 Å². The van der Waals surface area contributed by atoms with Gasteiger partial charge >= 0.3 is 12.1 Å². The zero-order valence-corrected chi connectivity index (χ0v) is 13.6. The molecule has 0 saturated carbocycles. The first-order chi connectivity index (χ1) is 10.7. The number of carbonyl (C=O) groups excluding carboxylic acids is 1. The number of carboxylic acids is 1. The summed E-state index contributed by atoms with van der Waals surface area (Å²) in [5, 5.41) is 11.7. The van der Waals surface area contributed by atoms with Crippen LogP contribution in [0.5, 0.6) is 0 Å². The average Bonchev–Trinajstić information content (AvgIpc) is 2.94. The van der Waals surface area contributed by atoms with Crippen LogP contribution in [0.15, 0.2) is 12.4 Å². The molecule has 0 radical (unpaired) electrons. The number of carboxylic acid groups (broad SMARTS) is 1. The molecule has 2 rings (SSSR count). The van der Waals surface area contributed by atoms with Gasteiger partial charge in [0, 0.05) is 19.2 Å². The number of rotatable bonds is 4. The van der Waals surface area contributed by atoms with E-state index < -0.39 is 17.7 Å². The fourth-order valence-corrected chi connectivity index (χ4v) is 2.30. The van der Waals surface area contributed by atoms with Crippen LogP contribution in [0.3, 0.4) is 0 Å². The minimum absolute atomic E-state index is 0.223. The third kappa shape index (κ3) is 5.08. The van der Waals surface area contributed by atoms with Crippen molar-refractivity contribution in [3.05, 3.63) is 18.1 Å². The zero-order chi connectivity index (χ0) is 17.0. The number of anilines is 1. The second-order valence-electron chi connectivity index (χ2n) is 6.49. The number of ether oxygens (including phenoxy) is 1. The van der Waals surface area contributed by atoms with Crippen LogP contribution in [-0.2, 0) is 16.1 Å². The van der Waals surface area contributed by atoms with E-state index in [0.29, 0.717) is 31.0 Å². The van der Waals surface area contributed by atoms with Crippen LogP contribution in [0.2, 0.25) is 0 Å². The van der Waals surface area contributed by atoms with Crippen molar-refractivity contribution in [1.29, 1.82) is 0 Å². The molecule has 1 aliphatic heterocycles. The molecule has 1 fully saturated rings. The molecule has 1 atom stereocenters. The highest BCUT2D eigenvalue weighted by Gasteiger charge is 2.28. The Morgan fingerprint density at radius 3 is 2.78 bits per heavy atom. The molecule has 0 aromatic carbocycles. The normalized spacial score (nSPS) is 17.9. The SMILES string of the molecule is CC(C)(C)OC(=O)NCc1cc(N2CCC(C(=O)O)C2)ncn1. The van der Waals surface area contributed by atoms with Crippen molar-refractivity contribution in [3.8, 4) is 0 Å². The summed E-state index contributed by atoms with van der Waals surface area (Å²) in [7, 11) is 0. The molecule has 23 heavy (non-hydrogen) atoms. The number of hydrogen-bond donors (Lipinski definition) is 2. The lowest BCUT2D eigenvalue weighted by molar-refractivity contribution is -0.140. The van der Waals surface area contributed by atoms with Crippen LogP contribution >= 0.6 is 0 Å². The molecule has 1 aromatic rings. The van der Waals surface area contributed by atoms with Gasteiger partial charge in [-0.25, -0.2) is 14.8 Å². The lowest BCUT2D eigenvalue weighted by Crippen LogP contribution is -2.32. The molecule has 1 saturated heterocycles. The maximum Gasteiger partial charge on any atom is 0.407 e. The molecule has 1 aromatic heterocycles. The Bertz CT molecular complexity index is 585. The van der Waals surface area contributed by atoms with Crippen LogP contribution in [-0.4, -0.2) is 45.8 Å². The van der Waals surface area contributed by atoms with Crippen molar-refractivity contribution < 1.29 is 19.4 Å². The van der Waals surface area contributed by atoms with E-state index in [4.69, 9.17) is 9.84 Å². The van der Waals surface area contributed by atoms with Gasteiger partial charge in [0.25, 0.3) is 0 Å². The maximum absolute atomic E-state index is 11.6. The summed E-state index contributed by atoms with van der Waals surface area (Å²) in [4.78, 5) is 32.9. The summed E-state index contributed by atoms with van der Waals surface area (Å²) >= 11 is 0. The highest BCUT2D eigenvalue weighted by atomic mass is 16.6. The summed E-state index contributed by atoms with van der Waals surface area (Å²) < 4.78 is 5.16. The second kappa shape index (κ2) is 6.80. The Kier molecular flexibility index (Phi) is 5.02. The molecule has 1 unspecified atom stereocenters. The zero-order valence-electron chi connectivity index (χ0n) is 13.6. The van der Waals surface area contributed by atoms with Gasteiger partial charge in [-0.15, -0.1) is 0 Å². The minimum Gasteiger partial charge on any atom is -0.481 e. The summed E-state index contributed by atoms with van der Waals surface area (Å²) in [6.45, 7) is 6.68. The minimum atomic E-state index is -0.784. The van der Waals surface area contributed by atoms with Gasteiger partial charge in [-0.1, -0.05) is 0 Å². The third-order valence-corrected chi connectivity index (χ3v) is 3.38. The largest absolute Gasteiger partial charge is 0.481 e. The first-order valence-corrected chi connectivity index (χ1v) is 7.50. The molecule has 0 bridgehead atoms. The smallest absolute Gasteiger partial charge is 0.407 e. The van der Waals surface area contributed by atoms with Crippen molar-refractivity contribution in [2.45, 2.75) is 39.3 Å². The molecule has 8 nitrogen and oxygen atoms in total. The van der Waals surface area contributed by atoms with Crippen molar-refractivity contribution in [1.82, 2.24) is 15.3 Å². The number of nitrogens with one attached hydrogen (secondary N) is 1. The van der Waals surface area contributed by atoms with Crippen molar-refractivity contribution in [2.75, 3.05) is 18.0 Å². The van der Waals surface area contributed by atoms with Gasteiger partial charge in [0.05, 0.1) is 18.2 Å². The molecule has 0 aliphatic carbocycles. The van der Waals surface area contributed by atoms with Crippen LogP contribution in [0.4, 0.5) is 10.6 Å². The summed E-state index contributed by atoms with van der Waals surface area (Å²) in [6.07, 6.45) is 1.50. The van der Waals surface area contributed by atoms with Gasteiger partial charge in [0.2, 0.25) is 0 Å². The fraction of sp³-hybridized carbons (Fsp3) is 0.600. The van der Waals surface area contributed by atoms with E-state index in [2.05, 4.69) is 15.3 Å². The van der Waals surface area contributed by atoms with Gasteiger partial charge in [-0.3, -0.25) is 4.79 Å². The number of aromatic nitrogens is 2. The molecule has 8 heteroatoms. The molecule has 2 heterocycles. The highest BCUT2D eigenvalue weighted by Crippen LogP contribution is 2.22. The topological polar surface area (TPSA) is 105 Å². The Morgan fingerprint density at radius 2 is 2.17 bits per heavy atom. The Labute approximate surface area is 134 Å². The standard InChI is InChI=1S/C15H22N4O4/c1-15(2,3)23-14(22)16-7-11-6-12(18-9-17-11)19-5-4-10(8-19)13(20)21/h6,9-10H,4-5,7-8H2,1-3H3,(H,16,22)(H,20,21). The van der Waals surface area contributed by atoms with E-state index in [1.54, 1.807) is 26.8 Å². The van der Waals surface area contributed by atoms with Gasteiger partial charge in [-0.05, 0) is 27.2 Å². The van der Waals surface area contributed by atoms with Crippen LogP contribution < -0.4 is 10.2 Å². The number of carbonyl (C=O) groups is 2. The predicted octanol–water partition coefficient (Wildman–Crippen LogP) is 1.41. The number of nitrogens with zero attached hydrogens (tertiary/aromatic N) is 3. The monoisotopic (exact) mass is 322 g/mol. The first kappa shape index (κ1) is 17.0. The molecule has 1 amide bonds. The van der Waals surface area contributed by atoms with E-state index in [9.17, 15) is 9.59 Å².